The van der Waals surface area contributed by atoms with E-state index in [9.17, 15) is 4.39 Å². The highest BCUT2D eigenvalue weighted by atomic mass is 79.9. The molecule has 0 saturated heterocycles. The molecule has 0 fully saturated rings. The number of anilines is 1. The lowest BCUT2D eigenvalue weighted by Crippen LogP contribution is -2.24. The van der Waals surface area contributed by atoms with Crippen molar-refractivity contribution in [3.63, 3.8) is 0 Å². The fourth-order valence-corrected chi connectivity index (χ4v) is 2.40. The maximum atomic E-state index is 13.9. The van der Waals surface area contributed by atoms with Crippen LogP contribution < -0.4 is 4.90 Å². The van der Waals surface area contributed by atoms with Crippen LogP contribution in [0.5, 0.6) is 0 Å². The summed E-state index contributed by atoms with van der Waals surface area (Å²) < 4.78 is 14.7. The predicted molar refractivity (Wildman–Crippen MR) is 81.8 cm³/mol. The fraction of sp³-hybridized carbons (Fsp3) is 0.188. The molecule has 0 spiro atoms. The second kappa shape index (κ2) is 7.06. The van der Waals surface area contributed by atoms with Crippen molar-refractivity contribution in [1.82, 2.24) is 0 Å². The predicted octanol–water partition coefficient (Wildman–Crippen LogP) is 4.51. The third-order valence-corrected chi connectivity index (χ3v) is 3.48. The normalized spacial score (nSPS) is 10.1. The Balaban J connectivity index is 2.24. The van der Waals surface area contributed by atoms with Gasteiger partial charge in [-0.1, -0.05) is 34.1 Å². The fourth-order valence-electron chi connectivity index (χ4n) is 1.99. The molecule has 0 N–H and O–H groups in total. The van der Waals surface area contributed by atoms with Gasteiger partial charge in [-0.2, -0.15) is 5.26 Å². The van der Waals surface area contributed by atoms with Crippen LogP contribution in [-0.4, -0.2) is 6.54 Å². The Kier molecular flexibility index (Phi) is 5.14. The quantitative estimate of drug-likeness (QED) is 0.805. The summed E-state index contributed by atoms with van der Waals surface area (Å²) in [5.74, 6) is -0.230. The largest absolute Gasteiger partial charge is 0.366 e. The highest BCUT2D eigenvalue weighted by Gasteiger charge is 2.10. The molecular formula is C16H14BrFN2. The topological polar surface area (TPSA) is 27.0 Å². The summed E-state index contributed by atoms with van der Waals surface area (Å²) in [6.07, 6.45) is 0.407. The molecule has 0 atom stereocenters. The molecule has 0 aliphatic heterocycles. The second-order valence-corrected chi connectivity index (χ2v) is 5.32. The minimum atomic E-state index is -0.230. The number of benzene rings is 2. The van der Waals surface area contributed by atoms with Crippen molar-refractivity contribution in [3.05, 3.63) is 64.4 Å². The molecule has 4 heteroatoms. The van der Waals surface area contributed by atoms with Crippen molar-refractivity contribution in [2.45, 2.75) is 13.0 Å². The first kappa shape index (κ1) is 14.5. The van der Waals surface area contributed by atoms with Crippen molar-refractivity contribution in [2.24, 2.45) is 0 Å². The summed E-state index contributed by atoms with van der Waals surface area (Å²) >= 11 is 3.36. The molecule has 2 aromatic rings. The molecular weight excluding hydrogens is 319 g/mol. The van der Waals surface area contributed by atoms with Crippen molar-refractivity contribution in [2.75, 3.05) is 11.4 Å². The van der Waals surface area contributed by atoms with Crippen LogP contribution in [0.4, 0.5) is 10.1 Å². The zero-order chi connectivity index (χ0) is 14.4. The summed E-state index contributed by atoms with van der Waals surface area (Å²) in [5.41, 5.74) is 1.60. The Labute approximate surface area is 126 Å². The molecule has 0 amide bonds. The molecule has 0 aromatic heterocycles. The molecule has 0 aliphatic rings. The van der Waals surface area contributed by atoms with E-state index in [0.29, 0.717) is 25.1 Å². The van der Waals surface area contributed by atoms with E-state index in [1.807, 2.05) is 35.2 Å². The molecule has 2 aromatic carbocycles. The van der Waals surface area contributed by atoms with Crippen LogP contribution in [-0.2, 0) is 6.54 Å². The molecule has 0 saturated carbocycles. The Morgan fingerprint density at radius 1 is 1.15 bits per heavy atom. The van der Waals surface area contributed by atoms with E-state index in [-0.39, 0.29) is 5.82 Å². The van der Waals surface area contributed by atoms with Gasteiger partial charge in [-0.15, -0.1) is 0 Å². The minimum absolute atomic E-state index is 0.230. The number of hydrogen-bond acceptors (Lipinski definition) is 2. The smallest absolute Gasteiger partial charge is 0.128 e. The molecule has 2 nitrogen and oxygen atoms in total. The lowest BCUT2D eigenvalue weighted by atomic mass is 10.1. The number of para-hydroxylation sites is 1. The second-order valence-electron chi connectivity index (χ2n) is 4.40. The van der Waals surface area contributed by atoms with Gasteiger partial charge in [0.2, 0.25) is 0 Å². The van der Waals surface area contributed by atoms with Crippen LogP contribution in [0.2, 0.25) is 0 Å². The van der Waals surface area contributed by atoms with Crippen LogP contribution in [0.1, 0.15) is 12.0 Å². The van der Waals surface area contributed by atoms with Crippen LogP contribution >= 0.6 is 15.9 Å². The summed E-state index contributed by atoms with van der Waals surface area (Å²) in [4.78, 5) is 2.01. The minimum Gasteiger partial charge on any atom is -0.366 e. The first-order valence-corrected chi connectivity index (χ1v) is 7.11. The third kappa shape index (κ3) is 3.82. The van der Waals surface area contributed by atoms with Gasteiger partial charge >= 0.3 is 0 Å². The number of halogens is 2. The Morgan fingerprint density at radius 3 is 2.60 bits per heavy atom. The third-order valence-electron chi connectivity index (χ3n) is 2.98. The van der Waals surface area contributed by atoms with Gasteiger partial charge in [-0.05, 0) is 30.3 Å². The van der Waals surface area contributed by atoms with E-state index >= 15 is 0 Å². The van der Waals surface area contributed by atoms with Gasteiger partial charge in [-0.3, -0.25) is 0 Å². The van der Waals surface area contributed by atoms with E-state index in [1.165, 1.54) is 6.07 Å². The van der Waals surface area contributed by atoms with Crippen molar-refractivity contribution >= 4 is 21.6 Å². The van der Waals surface area contributed by atoms with E-state index in [4.69, 9.17) is 5.26 Å². The van der Waals surface area contributed by atoms with Gasteiger partial charge in [0.1, 0.15) is 5.82 Å². The number of nitriles is 1. The average molecular weight is 333 g/mol. The van der Waals surface area contributed by atoms with Crippen molar-refractivity contribution in [3.8, 4) is 6.07 Å². The Hall–Kier alpha value is -1.86. The molecule has 20 heavy (non-hydrogen) atoms. The van der Waals surface area contributed by atoms with E-state index < -0.39 is 0 Å². The first-order chi connectivity index (χ1) is 9.70. The lowest BCUT2D eigenvalue weighted by molar-refractivity contribution is 0.604. The number of rotatable bonds is 5. The van der Waals surface area contributed by atoms with Crippen LogP contribution in [0.3, 0.4) is 0 Å². The monoisotopic (exact) mass is 332 g/mol. The standard InChI is InChI=1S/C16H14BrFN2/c17-14-7-8-16(18)13(11-14)12-20(10-4-9-19)15-5-2-1-3-6-15/h1-3,5-8,11H,4,10,12H2. The molecule has 102 valence electrons. The van der Waals surface area contributed by atoms with Gasteiger partial charge in [0.15, 0.2) is 0 Å². The average Bonchev–Trinajstić information content (AvgIpc) is 2.48. The van der Waals surface area contributed by atoms with Gasteiger partial charge < -0.3 is 4.90 Å². The zero-order valence-electron chi connectivity index (χ0n) is 10.9. The molecule has 0 aliphatic carbocycles. The first-order valence-electron chi connectivity index (χ1n) is 6.31. The Bertz CT molecular complexity index is 608. The maximum Gasteiger partial charge on any atom is 0.128 e. The zero-order valence-corrected chi connectivity index (χ0v) is 12.5. The number of nitrogens with zero attached hydrogens (tertiary/aromatic N) is 2. The molecule has 0 bridgehead atoms. The van der Waals surface area contributed by atoms with Crippen LogP contribution in [0.15, 0.2) is 53.0 Å². The Morgan fingerprint density at radius 2 is 1.90 bits per heavy atom. The van der Waals surface area contributed by atoms with E-state index in [2.05, 4.69) is 22.0 Å². The van der Waals surface area contributed by atoms with Gasteiger partial charge in [-0.25, -0.2) is 4.39 Å². The summed E-state index contributed by atoms with van der Waals surface area (Å²) in [6, 6.07) is 16.8. The summed E-state index contributed by atoms with van der Waals surface area (Å²) in [5, 5.41) is 8.77. The van der Waals surface area contributed by atoms with Gasteiger partial charge in [0.25, 0.3) is 0 Å². The molecule has 2 rings (SSSR count). The SMILES string of the molecule is N#CCCN(Cc1cc(Br)ccc1F)c1ccccc1. The van der Waals surface area contributed by atoms with Crippen molar-refractivity contribution < 1.29 is 4.39 Å². The molecule has 0 heterocycles. The molecule has 0 unspecified atom stereocenters. The summed E-state index contributed by atoms with van der Waals surface area (Å²) in [7, 11) is 0. The lowest BCUT2D eigenvalue weighted by Gasteiger charge is -2.24. The maximum absolute atomic E-state index is 13.9. The van der Waals surface area contributed by atoms with E-state index in [1.54, 1.807) is 12.1 Å². The number of hydrogen-bond donors (Lipinski definition) is 0. The van der Waals surface area contributed by atoms with E-state index in [0.717, 1.165) is 10.2 Å². The summed E-state index contributed by atoms with van der Waals surface area (Å²) in [6.45, 7) is 1.02. The highest BCUT2D eigenvalue weighted by molar-refractivity contribution is 9.10. The molecule has 0 radical (unpaired) electrons. The van der Waals surface area contributed by atoms with Crippen LogP contribution in [0.25, 0.3) is 0 Å². The van der Waals surface area contributed by atoms with Gasteiger partial charge in [0.05, 0.1) is 12.5 Å². The highest BCUT2D eigenvalue weighted by Crippen LogP contribution is 2.21. The van der Waals surface area contributed by atoms with Crippen LogP contribution in [0, 0.1) is 17.1 Å². The van der Waals surface area contributed by atoms with Gasteiger partial charge in [0, 0.05) is 28.8 Å². The van der Waals surface area contributed by atoms with Crippen molar-refractivity contribution in [1.29, 1.82) is 5.26 Å².